The van der Waals surface area contributed by atoms with Crippen LogP contribution in [0.1, 0.15) is 55.3 Å². The van der Waals surface area contributed by atoms with Gasteiger partial charge in [-0.25, -0.2) is 0 Å². The van der Waals surface area contributed by atoms with E-state index in [1.54, 1.807) is 0 Å². The van der Waals surface area contributed by atoms with Crippen LogP contribution in [0.15, 0.2) is 12.1 Å². The molecule has 1 N–H and O–H groups in total. The summed E-state index contributed by atoms with van der Waals surface area (Å²) in [6.07, 6.45) is 0. The van der Waals surface area contributed by atoms with E-state index in [9.17, 15) is 19.2 Å². The molecule has 2 amide bonds. The number of amides is 2. The van der Waals surface area contributed by atoms with E-state index in [0.717, 1.165) is 0 Å². The van der Waals surface area contributed by atoms with E-state index in [-0.39, 0.29) is 33.8 Å². The van der Waals surface area contributed by atoms with Gasteiger partial charge in [0, 0.05) is 11.1 Å². The average Bonchev–Trinajstić information content (AvgIpc) is 2.54. The molecule has 0 spiro atoms. The maximum Gasteiger partial charge on any atom is 0.259 e. The predicted molar refractivity (Wildman–Crippen MR) is 58.2 cm³/mol. The highest BCUT2D eigenvalue weighted by Crippen LogP contribution is 2.24. The molecule has 0 fully saturated rings. The topological polar surface area (TPSA) is 80.3 Å². The number of carbonyl (C=O) groups excluding carboxylic acids is 4. The van der Waals surface area contributed by atoms with Gasteiger partial charge in [0.15, 0.2) is 11.6 Å². The first-order valence-corrected chi connectivity index (χ1v) is 4.98. The fourth-order valence-corrected chi connectivity index (χ4v) is 1.89. The Morgan fingerprint density at radius 3 is 1.53 bits per heavy atom. The minimum absolute atomic E-state index is 0.00944. The van der Waals surface area contributed by atoms with Crippen LogP contribution in [0.4, 0.5) is 0 Å². The molecule has 5 heteroatoms. The van der Waals surface area contributed by atoms with Gasteiger partial charge in [0.25, 0.3) is 11.8 Å². The van der Waals surface area contributed by atoms with Crippen LogP contribution in [0.2, 0.25) is 0 Å². The molecule has 0 aromatic heterocycles. The van der Waals surface area contributed by atoms with Crippen LogP contribution in [-0.4, -0.2) is 23.4 Å². The standard InChI is InChI=1S/C12H9NO4/c1-5(14)7-3-4-8(6(2)15)10-9(7)11(16)13-12(10)17/h3-4H,1-2H3,(H,13,16,17). The Labute approximate surface area is 96.8 Å². The summed E-state index contributed by atoms with van der Waals surface area (Å²) >= 11 is 0. The van der Waals surface area contributed by atoms with Crippen LogP contribution >= 0.6 is 0 Å². The normalized spacial score (nSPS) is 13.3. The Hall–Kier alpha value is -2.30. The van der Waals surface area contributed by atoms with Crippen molar-refractivity contribution in [3.63, 3.8) is 0 Å². The molecule has 1 aliphatic heterocycles. The third kappa shape index (κ3) is 1.56. The van der Waals surface area contributed by atoms with E-state index in [1.165, 1.54) is 26.0 Å². The van der Waals surface area contributed by atoms with Gasteiger partial charge in [-0.05, 0) is 26.0 Å². The molecule has 0 bridgehead atoms. The first-order valence-electron chi connectivity index (χ1n) is 4.98. The largest absolute Gasteiger partial charge is 0.294 e. The third-order valence-electron chi connectivity index (χ3n) is 2.65. The maximum absolute atomic E-state index is 11.6. The lowest BCUT2D eigenvalue weighted by molar-refractivity contribution is 0.0871. The van der Waals surface area contributed by atoms with Crippen molar-refractivity contribution in [3.05, 3.63) is 34.4 Å². The van der Waals surface area contributed by atoms with Gasteiger partial charge in [-0.2, -0.15) is 0 Å². The van der Waals surface area contributed by atoms with Gasteiger partial charge in [-0.15, -0.1) is 0 Å². The molecular weight excluding hydrogens is 222 g/mol. The molecule has 1 aliphatic rings. The Morgan fingerprint density at radius 1 is 0.882 bits per heavy atom. The summed E-state index contributed by atoms with van der Waals surface area (Å²) in [5.41, 5.74) is 0.340. The summed E-state index contributed by atoms with van der Waals surface area (Å²) in [5.74, 6) is -1.89. The van der Waals surface area contributed by atoms with Crippen molar-refractivity contribution >= 4 is 23.4 Å². The summed E-state index contributed by atoms with van der Waals surface area (Å²) in [5, 5.41) is 2.09. The quantitative estimate of drug-likeness (QED) is 0.607. The number of hydrogen-bond acceptors (Lipinski definition) is 4. The molecule has 86 valence electrons. The summed E-state index contributed by atoms with van der Waals surface area (Å²) in [6, 6.07) is 2.80. The molecule has 1 aromatic carbocycles. The molecular formula is C12H9NO4. The molecule has 1 aromatic rings. The van der Waals surface area contributed by atoms with Crippen LogP contribution in [-0.2, 0) is 0 Å². The van der Waals surface area contributed by atoms with Gasteiger partial charge in [-0.1, -0.05) is 0 Å². The molecule has 1 heterocycles. The van der Waals surface area contributed by atoms with Gasteiger partial charge in [0.05, 0.1) is 11.1 Å². The second-order valence-electron chi connectivity index (χ2n) is 3.81. The minimum atomic E-state index is -0.627. The SMILES string of the molecule is CC(=O)c1ccc(C(C)=O)c2c1C(=O)NC2=O. The van der Waals surface area contributed by atoms with Gasteiger partial charge in [0.2, 0.25) is 0 Å². The number of hydrogen-bond donors (Lipinski definition) is 1. The number of imide groups is 1. The summed E-state index contributed by atoms with van der Waals surface area (Å²) in [4.78, 5) is 45.9. The number of Topliss-reactive ketones (excluding diaryl/α,β-unsaturated/α-hetero) is 2. The van der Waals surface area contributed by atoms with E-state index in [2.05, 4.69) is 5.32 Å². The fourth-order valence-electron chi connectivity index (χ4n) is 1.89. The lowest BCUT2D eigenvalue weighted by Crippen LogP contribution is -2.20. The average molecular weight is 231 g/mol. The first-order chi connectivity index (χ1) is 7.93. The van der Waals surface area contributed by atoms with Crippen molar-refractivity contribution in [2.45, 2.75) is 13.8 Å². The highest BCUT2D eigenvalue weighted by molar-refractivity contribution is 6.28. The van der Waals surface area contributed by atoms with Crippen molar-refractivity contribution < 1.29 is 19.2 Å². The molecule has 0 aliphatic carbocycles. The fraction of sp³-hybridized carbons (Fsp3) is 0.167. The number of benzene rings is 1. The van der Waals surface area contributed by atoms with Crippen molar-refractivity contribution in [2.24, 2.45) is 0 Å². The van der Waals surface area contributed by atoms with Crippen molar-refractivity contribution in [1.82, 2.24) is 5.32 Å². The maximum atomic E-state index is 11.6. The second-order valence-corrected chi connectivity index (χ2v) is 3.81. The van der Waals surface area contributed by atoms with E-state index in [4.69, 9.17) is 0 Å². The lowest BCUT2D eigenvalue weighted by atomic mass is 9.94. The Balaban J connectivity index is 2.84. The molecule has 0 radical (unpaired) electrons. The molecule has 0 saturated carbocycles. The molecule has 0 unspecified atom stereocenters. The van der Waals surface area contributed by atoms with E-state index in [1.807, 2.05) is 0 Å². The number of nitrogens with one attached hydrogen (secondary N) is 1. The zero-order valence-corrected chi connectivity index (χ0v) is 9.29. The van der Waals surface area contributed by atoms with Crippen LogP contribution in [0.5, 0.6) is 0 Å². The molecule has 0 atom stereocenters. The first kappa shape index (κ1) is 11.2. The highest BCUT2D eigenvalue weighted by atomic mass is 16.2. The van der Waals surface area contributed by atoms with Gasteiger partial charge < -0.3 is 0 Å². The van der Waals surface area contributed by atoms with E-state index < -0.39 is 11.8 Å². The van der Waals surface area contributed by atoms with Crippen molar-refractivity contribution in [2.75, 3.05) is 0 Å². The summed E-state index contributed by atoms with van der Waals surface area (Å²) in [7, 11) is 0. The summed E-state index contributed by atoms with van der Waals surface area (Å²) < 4.78 is 0. The Bertz CT molecular complexity index is 535. The Morgan fingerprint density at radius 2 is 1.24 bits per heavy atom. The second kappa shape index (κ2) is 3.62. The molecule has 5 nitrogen and oxygen atoms in total. The van der Waals surface area contributed by atoms with Crippen molar-refractivity contribution in [1.29, 1.82) is 0 Å². The van der Waals surface area contributed by atoms with Gasteiger partial charge in [0.1, 0.15) is 0 Å². The smallest absolute Gasteiger partial charge is 0.259 e. The minimum Gasteiger partial charge on any atom is -0.294 e. The lowest BCUT2D eigenvalue weighted by Gasteiger charge is -2.05. The number of rotatable bonds is 2. The van der Waals surface area contributed by atoms with E-state index in [0.29, 0.717) is 0 Å². The van der Waals surface area contributed by atoms with Gasteiger partial charge in [-0.3, -0.25) is 24.5 Å². The predicted octanol–water partition coefficient (Wildman–Crippen LogP) is 0.975. The zero-order chi connectivity index (χ0) is 12.7. The van der Waals surface area contributed by atoms with Crippen LogP contribution in [0, 0.1) is 0 Å². The Kier molecular flexibility index (Phi) is 2.38. The third-order valence-corrected chi connectivity index (χ3v) is 2.65. The number of fused-ring (bicyclic) bond motifs is 1. The number of carbonyl (C=O) groups is 4. The van der Waals surface area contributed by atoms with E-state index >= 15 is 0 Å². The number of ketones is 2. The van der Waals surface area contributed by atoms with Crippen LogP contribution < -0.4 is 5.32 Å². The zero-order valence-electron chi connectivity index (χ0n) is 9.29. The molecule has 0 saturated heterocycles. The van der Waals surface area contributed by atoms with Gasteiger partial charge >= 0.3 is 0 Å². The van der Waals surface area contributed by atoms with Crippen LogP contribution in [0.3, 0.4) is 0 Å². The van der Waals surface area contributed by atoms with Crippen LogP contribution in [0.25, 0.3) is 0 Å². The highest BCUT2D eigenvalue weighted by Gasteiger charge is 2.34. The molecule has 17 heavy (non-hydrogen) atoms. The molecule has 2 rings (SSSR count). The summed E-state index contributed by atoms with van der Waals surface area (Å²) in [6.45, 7) is 2.61. The monoisotopic (exact) mass is 231 g/mol. The van der Waals surface area contributed by atoms with Crippen molar-refractivity contribution in [3.8, 4) is 0 Å².